The smallest absolute Gasteiger partial charge is 0.137 e. The number of methoxy groups -OCH3 is 1. The topological polar surface area (TPSA) is 31.4 Å². The average Bonchev–Trinajstić information content (AvgIpc) is 2.17. The maximum atomic E-state index is 5.83. The quantitative estimate of drug-likeness (QED) is 0.575. The van der Waals surface area contributed by atoms with Crippen molar-refractivity contribution in [3.05, 3.63) is 23.0 Å². The van der Waals surface area contributed by atoms with Crippen LogP contribution < -0.4 is 4.74 Å². The zero-order valence-electron chi connectivity index (χ0n) is 7.41. The highest BCUT2D eigenvalue weighted by molar-refractivity contribution is 7.93. The number of hydrogen-bond acceptors (Lipinski definition) is 4. The average molecular weight is 220 g/mol. The Hall–Kier alpha value is -0.450. The van der Waals surface area contributed by atoms with Crippen molar-refractivity contribution in [2.24, 2.45) is 0 Å². The second-order valence-corrected chi connectivity index (χ2v) is 3.18. The fourth-order valence-electron chi connectivity index (χ4n) is 0.807. The van der Waals surface area contributed by atoms with Crippen LogP contribution in [0.4, 0.5) is 0 Å². The molecule has 0 amide bonds. The Kier molecular flexibility index (Phi) is 4.35. The van der Waals surface area contributed by atoms with Crippen LogP contribution in [0.5, 0.6) is 5.75 Å². The second-order valence-electron chi connectivity index (χ2n) is 2.25. The summed E-state index contributed by atoms with van der Waals surface area (Å²) in [7, 11) is 1.59. The third kappa shape index (κ3) is 3.06. The summed E-state index contributed by atoms with van der Waals surface area (Å²) < 4.78 is 10.1. The molecule has 1 rings (SSSR count). The first-order chi connectivity index (χ1) is 6.27. The Balaban J connectivity index is 2.78. The molecule has 5 heteroatoms. The Labute approximate surface area is 86.6 Å². The molecule has 0 N–H and O–H groups in total. The maximum Gasteiger partial charge on any atom is 0.137 e. The van der Waals surface area contributed by atoms with Gasteiger partial charge in [-0.3, -0.25) is 0 Å². The lowest BCUT2D eigenvalue weighted by Gasteiger charge is -2.04. The normalized spacial score (nSPS) is 10.1. The number of pyridine rings is 1. The van der Waals surface area contributed by atoms with Gasteiger partial charge in [-0.05, 0) is 18.1 Å². The van der Waals surface area contributed by atoms with Crippen molar-refractivity contribution in [1.29, 1.82) is 0 Å². The molecule has 0 bridgehead atoms. The number of nitrogens with zero attached hydrogens (tertiary/aromatic N) is 1. The molecule has 3 nitrogen and oxygen atoms in total. The van der Waals surface area contributed by atoms with Gasteiger partial charge in [-0.25, -0.2) is 4.98 Å². The standard InChI is InChI=1S/C8H10ClNO2S/c1-11-7-3-6(5-12-13-2)8(9)10-4-7/h3-4H,5H2,1-2H3. The minimum absolute atomic E-state index is 0.435. The molecule has 13 heavy (non-hydrogen) atoms. The highest BCUT2D eigenvalue weighted by Gasteiger charge is 2.03. The Morgan fingerprint density at radius 1 is 1.62 bits per heavy atom. The molecule has 0 unspecified atom stereocenters. The fraction of sp³-hybridized carbons (Fsp3) is 0.375. The minimum Gasteiger partial charge on any atom is -0.495 e. The fourth-order valence-corrected chi connectivity index (χ4v) is 1.21. The van der Waals surface area contributed by atoms with E-state index < -0.39 is 0 Å². The molecule has 0 aliphatic carbocycles. The molecule has 1 aromatic rings. The van der Waals surface area contributed by atoms with Crippen LogP contribution in [0.2, 0.25) is 5.15 Å². The molecule has 0 atom stereocenters. The molecule has 0 spiro atoms. The van der Waals surface area contributed by atoms with Crippen LogP contribution in [0, 0.1) is 0 Å². The molecular weight excluding hydrogens is 210 g/mol. The van der Waals surface area contributed by atoms with Crippen molar-refractivity contribution in [3.63, 3.8) is 0 Å². The molecule has 0 fully saturated rings. The summed E-state index contributed by atoms with van der Waals surface area (Å²) in [6.45, 7) is 0.435. The first-order valence-electron chi connectivity index (χ1n) is 3.62. The molecule has 0 saturated carbocycles. The summed E-state index contributed by atoms with van der Waals surface area (Å²) in [5.41, 5.74) is 0.829. The lowest BCUT2D eigenvalue weighted by atomic mass is 10.3. The first kappa shape index (κ1) is 10.6. The number of hydrogen-bond donors (Lipinski definition) is 0. The van der Waals surface area contributed by atoms with E-state index in [1.165, 1.54) is 12.0 Å². The number of aromatic nitrogens is 1. The van der Waals surface area contributed by atoms with Crippen molar-refractivity contribution in [1.82, 2.24) is 4.98 Å². The molecule has 0 saturated heterocycles. The highest BCUT2D eigenvalue weighted by Crippen LogP contribution is 2.20. The van der Waals surface area contributed by atoms with Crippen LogP contribution in [-0.2, 0) is 10.8 Å². The van der Waals surface area contributed by atoms with Gasteiger partial charge >= 0.3 is 0 Å². The predicted octanol–water partition coefficient (Wildman–Crippen LogP) is 2.54. The van der Waals surface area contributed by atoms with Gasteiger partial charge in [0.25, 0.3) is 0 Å². The lowest BCUT2D eigenvalue weighted by Crippen LogP contribution is -1.92. The van der Waals surface area contributed by atoms with E-state index in [2.05, 4.69) is 4.98 Å². The van der Waals surface area contributed by atoms with E-state index in [1.807, 2.05) is 12.3 Å². The monoisotopic (exact) mass is 219 g/mol. The number of ether oxygens (including phenoxy) is 1. The van der Waals surface area contributed by atoms with E-state index in [4.69, 9.17) is 20.5 Å². The molecule has 0 aliphatic rings. The predicted molar refractivity (Wildman–Crippen MR) is 54.1 cm³/mol. The maximum absolute atomic E-state index is 5.83. The Morgan fingerprint density at radius 3 is 3.00 bits per heavy atom. The van der Waals surface area contributed by atoms with Crippen molar-refractivity contribution in [3.8, 4) is 5.75 Å². The van der Waals surface area contributed by atoms with Crippen molar-refractivity contribution < 1.29 is 8.92 Å². The van der Waals surface area contributed by atoms with Crippen LogP contribution in [0.3, 0.4) is 0 Å². The summed E-state index contributed by atoms with van der Waals surface area (Å²) >= 11 is 7.12. The lowest BCUT2D eigenvalue weighted by molar-refractivity contribution is 0.362. The van der Waals surface area contributed by atoms with Crippen molar-refractivity contribution in [2.45, 2.75) is 6.61 Å². The molecule has 72 valence electrons. The van der Waals surface area contributed by atoms with Gasteiger partial charge in [0.05, 0.1) is 19.9 Å². The summed E-state index contributed by atoms with van der Waals surface area (Å²) in [4.78, 5) is 3.95. The van der Waals surface area contributed by atoms with Crippen LogP contribution in [0.1, 0.15) is 5.56 Å². The SMILES string of the molecule is COc1cnc(Cl)c(COSC)c1. The van der Waals surface area contributed by atoms with E-state index in [1.54, 1.807) is 13.3 Å². The third-order valence-corrected chi connectivity index (χ3v) is 2.15. The largest absolute Gasteiger partial charge is 0.495 e. The third-order valence-electron chi connectivity index (χ3n) is 1.45. The van der Waals surface area contributed by atoms with Gasteiger partial charge in [0.2, 0.25) is 0 Å². The van der Waals surface area contributed by atoms with Crippen LogP contribution in [0.25, 0.3) is 0 Å². The highest BCUT2D eigenvalue weighted by atomic mass is 35.5. The van der Waals surface area contributed by atoms with E-state index in [0.717, 1.165) is 5.56 Å². The molecule has 1 aromatic heterocycles. The van der Waals surface area contributed by atoms with E-state index in [0.29, 0.717) is 17.5 Å². The van der Waals surface area contributed by atoms with E-state index in [-0.39, 0.29) is 0 Å². The van der Waals surface area contributed by atoms with Crippen molar-refractivity contribution in [2.75, 3.05) is 13.4 Å². The van der Waals surface area contributed by atoms with E-state index >= 15 is 0 Å². The van der Waals surface area contributed by atoms with Gasteiger partial charge in [0.15, 0.2) is 0 Å². The zero-order chi connectivity index (χ0) is 9.68. The van der Waals surface area contributed by atoms with Crippen molar-refractivity contribution >= 4 is 23.6 Å². The molecule has 0 aromatic carbocycles. The van der Waals surface area contributed by atoms with Gasteiger partial charge in [-0.2, -0.15) is 0 Å². The second kappa shape index (κ2) is 5.32. The number of rotatable bonds is 4. The summed E-state index contributed by atoms with van der Waals surface area (Å²) in [6.07, 6.45) is 3.42. The summed E-state index contributed by atoms with van der Waals surface area (Å²) in [5.74, 6) is 0.684. The van der Waals surface area contributed by atoms with Gasteiger partial charge < -0.3 is 8.92 Å². The zero-order valence-corrected chi connectivity index (χ0v) is 8.98. The van der Waals surface area contributed by atoms with E-state index in [9.17, 15) is 0 Å². The van der Waals surface area contributed by atoms with Crippen LogP contribution >= 0.6 is 23.6 Å². The minimum atomic E-state index is 0.435. The molecule has 0 aliphatic heterocycles. The molecule has 0 radical (unpaired) electrons. The Morgan fingerprint density at radius 2 is 2.38 bits per heavy atom. The Bertz CT molecular complexity index is 283. The number of halogens is 1. The summed E-state index contributed by atoms with van der Waals surface area (Å²) in [6, 6.07) is 1.81. The first-order valence-corrected chi connectivity index (χ1v) is 5.14. The van der Waals surface area contributed by atoms with Gasteiger partial charge in [-0.1, -0.05) is 11.6 Å². The summed E-state index contributed by atoms with van der Waals surface area (Å²) in [5, 5.41) is 0.454. The van der Waals surface area contributed by atoms with Gasteiger partial charge in [-0.15, -0.1) is 0 Å². The van der Waals surface area contributed by atoms with Crippen LogP contribution in [-0.4, -0.2) is 18.3 Å². The van der Waals surface area contributed by atoms with Gasteiger partial charge in [0.1, 0.15) is 10.9 Å². The molecule has 1 heterocycles. The van der Waals surface area contributed by atoms with Gasteiger partial charge in [0, 0.05) is 11.8 Å². The molecular formula is C8H10ClNO2S. The van der Waals surface area contributed by atoms with Crippen LogP contribution in [0.15, 0.2) is 12.3 Å².